The monoisotopic (exact) mass is 530 g/mol. The molecule has 4 N–H and O–H groups in total. The summed E-state index contributed by atoms with van der Waals surface area (Å²) in [5, 5.41) is 10.6. The van der Waals surface area contributed by atoms with Crippen molar-refractivity contribution in [2.45, 2.75) is 84.0 Å². The van der Waals surface area contributed by atoms with Gasteiger partial charge in [-0.3, -0.25) is 24.0 Å². The number of ketones is 1. The van der Waals surface area contributed by atoms with Crippen molar-refractivity contribution in [2.75, 3.05) is 13.2 Å². The second-order valence-corrected chi connectivity index (χ2v) is 10.6. The molecule has 1 aliphatic rings. The summed E-state index contributed by atoms with van der Waals surface area (Å²) in [6.07, 6.45) is 2.46. The van der Waals surface area contributed by atoms with Crippen molar-refractivity contribution in [3.63, 3.8) is 0 Å². The minimum absolute atomic E-state index is 0.168. The number of Topliss-reactive ketones (excluding diaryl/α,β-unsaturated/α-hetero) is 1. The number of aryl methyl sites for hydroxylation is 1. The van der Waals surface area contributed by atoms with Gasteiger partial charge in [0.15, 0.2) is 5.78 Å². The molecule has 4 amide bonds. The van der Waals surface area contributed by atoms with Crippen LogP contribution in [0.4, 0.5) is 0 Å². The Bertz CT molecular complexity index is 963. The molecule has 38 heavy (non-hydrogen) atoms. The van der Waals surface area contributed by atoms with Crippen molar-refractivity contribution in [1.29, 1.82) is 0 Å². The van der Waals surface area contributed by atoms with E-state index in [1.54, 1.807) is 6.92 Å². The minimum atomic E-state index is -0.903. The van der Waals surface area contributed by atoms with Crippen molar-refractivity contribution in [1.82, 2.24) is 21.3 Å². The average molecular weight is 531 g/mol. The Morgan fingerprint density at radius 2 is 1.68 bits per heavy atom. The van der Waals surface area contributed by atoms with E-state index in [-0.39, 0.29) is 24.2 Å². The normalized spacial score (nSPS) is 19.4. The third-order valence-electron chi connectivity index (χ3n) is 6.82. The molecule has 0 bridgehead atoms. The summed E-state index contributed by atoms with van der Waals surface area (Å²) >= 11 is 0. The van der Waals surface area contributed by atoms with Gasteiger partial charge in [-0.2, -0.15) is 0 Å². The van der Waals surface area contributed by atoms with Crippen LogP contribution in [0.5, 0.6) is 0 Å². The summed E-state index contributed by atoms with van der Waals surface area (Å²) in [7, 11) is 0. The van der Waals surface area contributed by atoms with Crippen LogP contribution in [0.25, 0.3) is 0 Å². The van der Waals surface area contributed by atoms with Gasteiger partial charge in [0.25, 0.3) is 0 Å². The Hall–Kier alpha value is -3.27. The lowest BCUT2D eigenvalue weighted by molar-refractivity contribution is -0.133. The fraction of sp³-hybridized carbons (Fsp3) is 0.607. The fourth-order valence-electron chi connectivity index (χ4n) is 4.13. The van der Waals surface area contributed by atoms with E-state index in [1.807, 2.05) is 58.0 Å². The molecule has 5 atom stereocenters. The van der Waals surface area contributed by atoms with Crippen LogP contribution in [-0.2, 0) is 35.1 Å². The number of carbonyl (C=O) groups is 5. The first-order valence-electron chi connectivity index (χ1n) is 13.3. The number of nitrogens with one attached hydrogen (secondary N) is 4. The number of hydrogen-bond donors (Lipinski definition) is 4. The van der Waals surface area contributed by atoms with Crippen molar-refractivity contribution < 1.29 is 28.7 Å². The Labute approximate surface area is 225 Å². The van der Waals surface area contributed by atoms with E-state index in [0.29, 0.717) is 38.7 Å². The maximum atomic E-state index is 13.0. The van der Waals surface area contributed by atoms with E-state index in [1.165, 1.54) is 0 Å². The first-order valence-corrected chi connectivity index (χ1v) is 13.3. The Balaban J connectivity index is 1.97. The van der Waals surface area contributed by atoms with Crippen molar-refractivity contribution in [3.05, 3.63) is 35.9 Å². The zero-order valence-electron chi connectivity index (χ0n) is 23.0. The van der Waals surface area contributed by atoms with Gasteiger partial charge in [-0.05, 0) is 43.6 Å². The summed E-state index contributed by atoms with van der Waals surface area (Å²) in [5.41, 5.74) is 0.158. The molecule has 0 radical (unpaired) electrons. The molecule has 0 aliphatic carbocycles. The molecular formula is C28H42N4O6. The Morgan fingerprint density at radius 3 is 2.24 bits per heavy atom. The van der Waals surface area contributed by atoms with Gasteiger partial charge < -0.3 is 26.0 Å². The largest absolute Gasteiger partial charge is 0.361 e. The summed E-state index contributed by atoms with van der Waals surface area (Å²) in [5.74, 6) is -1.73. The number of hydrogen-bond acceptors (Lipinski definition) is 6. The summed E-state index contributed by atoms with van der Waals surface area (Å²) < 4.78 is 5.25. The molecule has 1 fully saturated rings. The quantitative estimate of drug-likeness (QED) is 0.176. The lowest BCUT2D eigenvalue weighted by Crippen LogP contribution is -2.56. The predicted molar refractivity (Wildman–Crippen MR) is 143 cm³/mol. The van der Waals surface area contributed by atoms with E-state index in [4.69, 9.17) is 4.74 Å². The molecule has 0 aromatic heterocycles. The molecule has 2 rings (SSSR count). The molecule has 1 aromatic rings. The van der Waals surface area contributed by atoms with E-state index in [9.17, 15) is 24.0 Å². The predicted octanol–water partition coefficient (Wildman–Crippen LogP) is 1.27. The van der Waals surface area contributed by atoms with Crippen LogP contribution in [0.2, 0.25) is 0 Å². The van der Waals surface area contributed by atoms with E-state index >= 15 is 0 Å². The zero-order valence-corrected chi connectivity index (χ0v) is 23.0. The molecule has 10 heteroatoms. The topological polar surface area (TPSA) is 146 Å². The average Bonchev–Trinajstić information content (AvgIpc) is 3.65. The minimum Gasteiger partial charge on any atom is -0.361 e. The van der Waals surface area contributed by atoms with Gasteiger partial charge in [0.1, 0.15) is 17.7 Å². The van der Waals surface area contributed by atoms with E-state index in [2.05, 4.69) is 21.3 Å². The molecule has 1 heterocycles. The number of carbonyl (C=O) groups excluding carboxylic acids is 5. The third-order valence-corrected chi connectivity index (χ3v) is 6.82. The first-order chi connectivity index (χ1) is 18.0. The van der Waals surface area contributed by atoms with Crippen LogP contribution in [-0.4, -0.2) is 66.8 Å². The van der Waals surface area contributed by atoms with Gasteiger partial charge in [-0.25, -0.2) is 0 Å². The molecular weight excluding hydrogens is 488 g/mol. The lowest BCUT2D eigenvalue weighted by Gasteiger charge is -2.26. The van der Waals surface area contributed by atoms with Gasteiger partial charge in [0, 0.05) is 0 Å². The van der Waals surface area contributed by atoms with Crippen LogP contribution in [0.15, 0.2) is 30.3 Å². The van der Waals surface area contributed by atoms with Gasteiger partial charge in [-0.1, -0.05) is 64.4 Å². The second kappa shape index (κ2) is 14.6. The van der Waals surface area contributed by atoms with Crippen LogP contribution in [0.3, 0.4) is 0 Å². The molecule has 1 aromatic carbocycles. The van der Waals surface area contributed by atoms with Crippen LogP contribution in [0.1, 0.15) is 59.4 Å². The number of epoxide rings is 1. The number of ether oxygens (including phenoxy) is 1. The van der Waals surface area contributed by atoms with Gasteiger partial charge in [0.2, 0.25) is 24.1 Å². The highest BCUT2D eigenvalue weighted by molar-refractivity contribution is 5.97. The molecule has 0 saturated carbocycles. The molecule has 1 saturated heterocycles. The van der Waals surface area contributed by atoms with Crippen molar-refractivity contribution >= 4 is 29.9 Å². The fourth-order valence-corrected chi connectivity index (χ4v) is 4.13. The number of rotatable bonds is 17. The Kier molecular flexibility index (Phi) is 11.9. The van der Waals surface area contributed by atoms with Crippen LogP contribution < -0.4 is 21.3 Å². The van der Waals surface area contributed by atoms with Gasteiger partial charge >= 0.3 is 0 Å². The third kappa shape index (κ3) is 9.55. The molecule has 1 aliphatic heterocycles. The van der Waals surface area contributed by atoms with Crippen molar-refractivity contribution in [2.24, 2.45) is 11.8 Å². The van der Waals surface area contributed by atoms with E-state index in [0.717, 1.165) is 5.56 Å². The highest BCUT2D eigenvalue weighted by Crippen LogP contribution is 2.29. The maximum Gasteiger partial charge on any atom is 0.243 e. The van der Waals surface area contributed by atoms with Gasteiger partial charge in [0.05, 0.1) is 19.2 Å². The standard InChI is InChI=1S/C28H42N4O6/c1-6-19(4)24(32-26(36)21(30-17-33)13-12-20-10-8-7-9-11-20)27(37)29-15-23(34)31-22(14-18(2)3)25(35)28(5)16-38-28/h7-11,17-19,21-22,24H,6,12-16H2,1-5H3,(H,29,37)(H,30,33)(H,31,34)(H,32,36)/t19?,21-,22?,24?,28?/m0/s1. The smallest absolute Gasteiger partial charge is 0.243 e. The second-order valence-electron chi connectivity index (χ2n) is 10.6. The van der Waals surface area contributed by atoms with Crippen molar-refractivity contribution in [3.8, 4) is 0 Å². The molecule has 4 unspecified atom stereocenters. The Morgan fingerprint density at radius 1 is 1.03 bits per heavy atom. The molecule has 210 valence electrons. The first kappa shape index (κ1) is 31.0. The summed E-state index contributed by atoms with van der Waals surface area (Å²) in [6, 6.07) is 7.15. The summed E-state index contributed by atoms with van der Waals surface area (Å²) in [4.78, 5) is 62.6. The molecule has 0 spiro atoms. The molecule has 10 nitrogen and oxygen atoms in total. The van der Waals surface area contributed by atoms with Gasteiger partial charge in [-0.15, -0.1) is 0 Å². The SMILES string of the molecule is CCC(C)C(NC(=O)[C@H](CCc1ccccc1)NC=O)C(=O)NCC(=O)NC(CC(C)C)C(=O)C1(C)CO1. The highest BCUT2D eigenvalue weighted by Gasteiger charge is 2.50. The maximum absolute atomic E-state index is 13.0. The van der Waals surface area contributed by atoms with Crippen LogP contribution >= 0.6 is 0 Å². The highest BCUT2D eigenvalue weighted by atomic mass is 16.6. The lowest BCUT2D eigenvalue weighted by atomic mass is 9.93. The summed E-state index contributed by atoms with van der Waals surface area (Å²) in [6.45, 7) is 9.31. The number of amides is 4. The number of benzene rings is 1. The van der Waals surface area contributed by atoms with Crippen LogP contribution in [0, 0.1) is 11.8 Å². The zero-order chi connectivity index (χ0) is 28.3. The van der Waals surface area contributed by atoms with E-state index < -0.39 is 41.4 Å².